The van der Waals surface area contributed by atoms with Gasteiger partial charge in [0.2, 0.25) is 17.7 Å². The van der Waals surface area contributed by atoms with E-state index in [1.165, 1.54) is 0 Å². The molecule has 0 saturated carbocycles. The van der Waals surface area contributed by atoms with Crippen LogP contribution in [0.3, 0.4) is 0 Å². The largest absolute Gasteiger partial charge is 0.494 e. The van der Waals surface area contributed by atoms with E-state index in [0.717, 1.165) is 6.42 Å². The lowest BCUT2D eigenvalue weighted by Gasteiger charge is -2.46. The minimum absolute atomic E-state index is 0.0736. The number of benzene rings is 1. The zero-order valence-electron chi connectivity index (χ0n) is 29.8. The number of hydrogen-bond acceptors (Lipinski definition) is 6. The molecule has 3 heterocycles. The van der Waals surface area contributed by atoms with Crippen LogP contribution in [0.2, 0.25) is 0 Å². The van der Waals surface area contributed by atoms with Gasteiger partial charge in [-0.25, -0.2) is 0 Å². The van der Waals surface area contributed by atoms with Gasteiger partial charge in [0.05, 0.1) is 37.2 Å². The van der Waals surface area contributed by atoms with Gasteiger partial charge in [-0.15, -0.1) is 13.2 Å². The Hall–Kier alpha value is -3.17. The number of aliphatic hydroxyl groups is 1. The first-order valence-corrected chi connectivity index (χ1v) is 17.2. The molecule has 0 aliphatic carbocycles. The van der Waals surface area contributed by atoms with Crippen molar-refractivity contribution in [3.63, 3.8) is 0 Å². The molecule has 3 aliphatic rings. The van der Waals surface area contributed by atoms with Crippen molar-refractivity contribution < 1.29 is 29.0 Å². The summed E-state index contributed by atoms with van der Waals surface area (Å²) in [5.74, 6) is -1.51. The first kappa shape index (κ1) is 36.7. The van der Waals surface area contributed by atoms with Crippen LogP contribution in [0, 0.1) is 23.2 Å². The third-order valence-electron chi connectivity index (χ3n) is 9.91. The Morgan fingerprint density at radius 3 is 2.28 bits per heavy atom. The normalized spacial score (nSPS) is 25.9. The summed E-state index contributed by atoms with van der Waals surface area (Å²) in [6.07, 6.45) is 5.16. The fourth-order valence-corrected chi connectivity index (χ4v) is 8.69. The van der Waals surface area contributed by atoms with Crippen LogP contribution >= 0.6 is 0 Å². The molecule has 1 spiro atoms. The summed E-state index contributed by atoms with van der Waals surface area (Å²) in [6, 6.07) is 5.74. The maximum Gasteiger partial charge on any atom is 0.249 e. The topological polar surface area (TPSA) is 99.6 Å². The van der Waals surface area contributed by atoms with Crippen LogP contribution < -0.4 is 9.64 Å². The second kappa shape index (κ2) is 14.1. The van der Waals surface area contributed by atoms with Crippen LogP contribution in [-0.2, 0) is 19.1 Å². The molecule has 1 aromatic rings. The molecule has 9 nitrogen and oxygen atoms in total. The van der Waals surface area contributed by atoms with Crippen LogP contribution in [0.15, 0.2) is 49.6 Å². The van der Waals surface area contributed by atoms with Crippen molar-refractivity contribution in [1.82, 2.24) is 9.80 Å². The molecule has 3 aliphatic heterocycles. The molecule has 3 fully saturated rings. The van der Waals surface area contributed by atoms with E-state index in [1.807, 2.05) is 49.9 Å². The highest BCUT2D eigenvalue weighted by atomic mass is 16.5. The van der Waals surface area contributed by atoms with Crippen molar-refractivity contribution in [1.29, 1.82) is 0 Å². The van der Waals surface area contributed by atoms with Gasteiger partial charge < -0.3 is 29.3 Å². The average Bonchev–Trinajstić information content (AvgIpc) is 3.63. The lowest BCUT2D eigenvalue weighted by Crippen LogP contribution is -2.62. The molecule has 6 atom stereocenters. The summed E-state index contributed by atoms with van der Waals surface area (Å²) in [4.78, 5) is 49.6. The van der Waals surface area contributed by atoms with Gasteiger partial charge in [-0.1, -0.05) is 46.8 Å². The maximum atomic E-state index is 15.1. The second-order valence-corrected chi connectivity index (χ2v) is 15.7. The van der Waals surface area contributed by atoms with E-state index < -0.39 is 41.2 Å². The van der Waals surface area contributed by atoms with Gasteiger partial charge in [0.15, 0.2) is 0 Å². The summed E-state index contributed by atoms with van der Waals surface area (Å²) in [7, 11) is 0. The van der Waals surface area contributed by atoms with E-state index in [2.05, 4.69) is 47.8 Å². The van der Waals surface area contributed by atoms with Gasteiger partial charge in [-0.3, -0.25) is 14.4 Å². The van der Waals surface area contributed by atoms with Crippen LogP contribution in [0.4, 0.5) is 5.69 Å². The molecule has 2 unspecified atom stereocenters. The fraction of sp³-hybridized carbons (Fsp3) is 0.658. The van der Waals surface area contributed by atoms with Crippen molar-refractivity contribution in [3.05, 3.63) is 49.6 Å². The van der Waals surface area contributed by atoms with E-state index in [0.29, 0.717) is 43.9 Å². The Kier molecular flexibility index (Phi) is 11.0. The van der Waals surface area contributed by atoms with Crippen LogP contribution in [0.1, 0.15) is 81.1 Å². The number of likely N-dealkylation sites (tertiary alicyclic amines) is 1. The molecule has 0 aromatic heterocycles. The van der Waals surface area contributed by atoms with Gasteiger partial charge in [-0.05, 0) is 82.1 Å². The third-order valence-corrected chi connectivity index (χ3v) is 9.91. The highest BCUT2D eigenvalue weighted by molar-refractivity contribution is 6.03. The fourth-order valence-electron chi connectivity index (χ4n) is 8.69. The summed E-state index contributed by atoms with van der Waals surface area (Å²) in [5, 5.41) is 10.7. The second-order valence-electron chi connectivity index (χ2n) is 15.7. The standard InChI is InChI=1S/C38H57N3O6/c1-11-20-39(26-14-16-28(17-15-26)46-13-3)33(43)30-29-18-19-38(47-29)31(30)34(44)41(27(23-42)22-25(4)5)32(38)35(45)40(21-12-2)37(9,10)24-36(6,7)8/h11-12,14-17,25,27,29-32,42H,1-2,13,18-24H2,3-10H3/t27-,29-,30+,31+,32?,38?/m1/s1. The van der Waals surface area contributed by atoms with E-state index in [9.17, 15) is 14.7 Å². The molecule has 260 valence electrons. The first-order chi connectivity index (χ1) is 22.1. The summed E-state index contributed by atoms with van der Waals surface area (Å²) in [6.45, 7) is 25.2. The number of aliphatic hydroxyl groups excluding tert-OH is 1. The van der Waals surface area contributed by atoms with Gasteiger partial charge in [0, 0.05) is 24.3 Å². The highest BCUT2D eigenvalue weighted by Crippen LogP contribution is 2.60. The lowest BCUT2D eigenvalue weighted by atomic mass is 9.70. The highest BCUT2D eigenvalue weighted by Gasteiger charge is 2.75. The number of carbonyl (C=O) groups is 3. The van der Waals surface area contributed by atoms with Crippen molar-refractivity contribution in [2.45, 2.75) is 110 Å². The van der Waals surface area contributed by atoms with Crippen molar-refractivity contribution in [2.75, 3.05) is 31.2 Å². The van der Waals surface area contributed by atoms with Crippen LogP contribution in [-0.4, -0.2) is 88.3 Å². The van der Waals surface area contributed by atoms with Gasteiger partial charge in [0.1, 0.15) is 17.4 Å². The Morgan fingerprint density at radius 2 is 1.74 bits per heavy atom. The Morgan fingerprint density at radius 1 is 1.11 bits per heavy atom. The lowest BCUT2D eigenvalue weighted by molar-refractivity contribution is -0.155. The van der Waals surface area contributed by atoms with E-state index in [4.69, 9.17) is 9.47 Å². The molecular formula is C38H57N3O6. The smallest absolute Gasteiger partial charge is 0.249 e. The molecule has 3 amide bonds. The molecule has 1 N–H and O–H groups in total. The van der Waals surface area contributed by atoms with Crippen molar-refractivity contribution in [3.8, 4) is 5.75 Å². The summed E-state index contributed by atoms with van der Waals surface area (Å²) >= 11 is 0. The van der Waals surface area contributed by atoms with E-state index >= 15 is 4.79 Å². The van der Waals surface area contributed by atoms with Crippen LogP contribution in [0.5, 0.6) is 5.75 Å². The molecule has 4 rings (SSSR count). The summed E-state index contributed by atoms with van der Waals surface area (Å²) in [5.41, 5.74) is -1.16. The molecule has 3 saturated heterocycles. The van der Waals surface area contributed by atoms with Gasteiger partial charge in [-0.2, -0.15) is 0 Å². The first-order valence-electron chi connectivity index (χ1n) is 17.2. The van der Waals surface area contributed by atoms with Crippen LogP contribution in [0.25, 0.3) is 0 Å². The zero-order valence-corrected chi connectivity index (χ0v) is 29.8. The van der Waals surface area contributed by atoms with Crippen molar-refractivity contribution in [2.24, 2.45) is 23.2 Å². The van der Waals surface area contributed by atoms with Crippen molar-refractivity contribution >= 4 is 23.4 Å². The number of ether oxygens (including phenoxy) is 2. The molecule has 2 bridgehead atoms. The molecule has 1 aromatic carbocycles. The minimum atomic E-state index is -1.18. The van der Waals surface area contributed by atoms with E-state index in [1.54, 1.807) is 22.0 Å². The quantitative estimate of drug-likeness (QED) is 0.248. The average molecular weight is 652 g/mol. The minimum Gasteiger partial charge on any atom is -0.494 e. The number of anilines is 1. The molecular weight excluding hydrogens is 594 g/mol. The number of hydrogen-bond donors (Lipinski definition) is 1. The number of rotatable bonds is 15. The predicted molar refractivity (Wildman–Crippen MR) is 185 cm³/mol. The third kappa shape index (κ3) is 7.02. The van der Waals surface area contributed by atoms with E-state index in [-0.39, 0.29) is 42.2 Å². The molecule has 0 radical (unpaired) electrons. The molecule has 9 heteroatoms. The molecule has 47 heavy (non-hydrogen) atoms. The number of nitrogens with zero attached hydrogens (tertiary/aromatic N) is 3. The van der Waals surface area contributed by atoms with Gasteiger partial charge in [0.25, 0.3) is 0 Å². The number of fused-ring (bicyclic) bond motifs is 1. The summed E-state index contributed by atoms with van der Waals surface area (Å²) < 4.78 is 12.4. The number of amides is 3. The number of carbonyl (C=O) groups excluding carboxylic acids is 3. The predicted octanol–water partition coefficient (Wildman–Crippen LogP) is 5.62. The Balaban J connectivity index is 1.81. The van der Waals surface area contributed by atoms with Gasteiger partial charge >= 0.3 is 0 Å². The Bertz CT molecular complexity index is 1320. The SMILES string of the molecule is C=CCN(C(=O)[C@@H]1[C@H]2C(=O)N([C@@H](CO)CC(C)C)C(C(=O)N(CC=C)C(C)(C)CC(C)(C)C)C23CC[C@H]1O3)c1ccc(OCC)cc1. The zero-order chi connectivity index (χ0) is 34.9. The maximum absolute atomic E-state index is 15.1. The Labute approximate surface area is 281 Å². The monoisotopic (exact) mass is 651 g/mol.